The van der Waals surface area contributed by atoms with E-state index in [9.17, 15) is 9.59 Å². The second kappa shape index (κ2) is 5.65. The molecule has 1 fully saturated rings. The minimum Gasteiger partial charge on any atom is -0.481 e. The summed E-state index contributed by atoms with van der Waals surface area (Å²) < 4.78 is 0. The van der Waals surface area contributed by atoms with Crippen molar-refractivity contribution in [3.05, 3.63) is 12.2 Å². The summed E-state index contributed by atoms with van der Waals surface area (Å²) in [6, 6.07) is 0. The molecular formula is C11H18N2O3. The number of nitrogens with zero attached hydrogens (tertiary/aromatic N) is 2. The Hall–Kier alpha value is -1.36. The minimum atomic E-state index is -0.812. The van der Waals surface area contributed by atoms with Gasteiger partial charge < -0.3 is 14.9 Å². The molecule has 1 heterocycles. The van der Waals surface area contributed by atoms with Crippen LogP contribution in [-0.4, -0.2) is 60.5 Å². The van der Waals surface area contributed by atoms with Gasteiger partial charge in [0.1, 0.15) is 0 Å². The highest BCUT2D eigenvalue weighted by molar-refractivity contribution is 5.88. The first-order chi connectivity index (χ1) is 7.50. The third-order valence-electron chi connectivity index (χ3n) is 2.58. The summed E-state index contributed by atoms with van der Waals surface area (Å²) in [5, 5.41) is 8.80. The molecule has 5 heteroatoms. The molecular weight excluding hydrogens is 208 g/mol. The van der Waals surface area contributed by atoms with Crippen LogP contribution in [0.4, 0.5) is 0 Å². The fourth-order valence-electron chi connectivity index (χ4n) is 1.63. The van der Waals surface area contributed by atoms with Gasteiger partial charge in [-0.3, -0.25) is 9.59 Å². The maximum Gasteiger partial charge on any atom is 0.308 e. The Kier molecular flexibility index (Phi) is 4.49. The minimum absolute atomic E-state index is 0.0920. The molecule has 0 aliphatic carbocycles. The smallest absolute Gasteiger partial charge is 0.308 e. The van der Waals surface area contributed by atoms with Crippen molar-refractivity contribution in [1.82, 2.24) is 9.80 Å². The average Bonchev–Trinajstić information content (AvgIpc) is 2.65. The van der Waals surface area contributed by atoms with E-state index in [0.29, 0.717) is 26.1 Å². The maximum absolute atomic E-state index is 11.6. The van der Waals surface area contributed by atoms with Gasteiger partial charge in [0, 0.05) is 25.7 Å². The van der Waals surface area contributed by atoms with Gasteiger partial charge in [-0.1, -0.05) is 6.08 Å². The maximum atomic E-state index is 11.6. The zero-order valence-corrected chi connectivity index (χ0v) is 9.72. The lowest BCUT2D eigenvalue weighted by atomic mass is 10.1. The number of carbonyl (C=O) groups excluding carboxylic acids is 1. The third-order valence-corrected chi connectivity index (χ3v) is 2.58. The first-order valence-corrected chi connectivity index (χ1v) is 5.33. The van der Waals surface area contributed by atoms with Crippen LogP contribution >= 0.6 is 0 Å². The quantitative estimate of drug-likeness (QED) is 0.687. The number of likely N-dealkylation sites (tertiary alicyclic amines) is 1. The summed E-state index contributed by atoms with van der Waals surface area (Å²) in [6.07, 6.45) is 3.86. The van der Waals surface area contributed by atoms with Crippen molar-refractivity contribution in [2.45, 2.75) is 6.42 Å². The molecule has 0 aromatic heterocycles. The van der Waals surface area contributed by atoms with Gasteiger partial charge in [-0.2, -0.15) is 0 Å². The summed E-state index contributed by atoms with van der Waals surface area (Å²) in [7, 11) is 3.84. The summed E-state index contributed by atoms with van der Waals surface area (Å²) in [5.41, 5.74) is 0. The SMILES string of the molecule is CN(C)CC=CC(=O)N1CCC(C(=O)O)C1. The van der Waals surface area contributed by atoms with Crippen LogP contribution in [0.5, 0.6) is 0 Å². The molecule has 0 spiro atoms. The standard InChI is InChI=1S/C11H18N2O3/c1-12(2)6-3-4-10(14)13-7-5-9(8-13)11(15)16/h3-4,9H,5-8H2,1-2H3,(H,15,16). The first-order valence-electron chi connectivity index (χ1n) is 5.33. The highest BCUT2D eigenvalue weighted by Crippen LogP contribution is 2.16. The van der Waals surface area contributed by atoms with Gasteiger partial charge in [0.2, 0.25) is 5.91 Å². The Bertz CT molecular complexity index is 300. The molecule has 1 saturated heterocycles. The average molecular weight is 226 g/mol. The van der Waals surface area contributed by atoms with Crippen molar-refractivity contribution in [3.8, 4) is 0 Å². The van der Waals surface area contributed by atoms with Crippen molar-refractivity contribution in [1.29, 1.82) is 0 Å². The number of carboxylic acids is 1. The van der Waals surface area contributed by atoms with Gasteiger partial charge in [-0.15, -0.1) is 0 Å². The number of likely N-dealkylation sites (N-methyl/N-ethyl adjacent to an activating group) is 1. The Morgan fingerprint density at radius 2 is 2.19 bits per heavy atom. The van der Waals surface area contributed by atoms with Crippen LogP contribution in [0.3, 0.4) is 0 Å². The summed E-state index contributed by atoms with van der Waals surface area (Å²) in [4.78, 5) is 25.9. The second-order valence-electron chi connectivity index (χ2n) is 4.27. The fraction of sp³-hybridized carbons (Fsp3) is 0.636. The van der Waals surface area contributed by atoms with Crippen molar-refractivity contribution in [2.75, 3.05) is 33.7 Å². The highest BCUT2D eigenvalue weighted by atomic mass is 16.4. The number of amides is 1. The molecule has 0 aromatic rings. The Morgan fingerprint density at radius 1 is 1.50 bits per heavy atom. The first kappa shape index (κ1) is 12.7. The summed E-state index contributed by atoms with van der Waals surface area (Å²) >= 11 is 0. The Morgan fingerprint density at radius 3 is 2.69 bits per heavy atom. The number of carbonyl (C=O) groups is 2. The number of aliphatic carboxylic acids is 1. The van der Waals surface area contributed by atoms with Gasteiger partial charge in [0.25, 0.3) is 0 Å². The molecule has 0 saturated carbocycles. The third kappa shape index (κ3) is 3.66. The number of carboxylic acid groups (broad SMARTS) is 1. The van der Waals surface area contributed by atoms with E-state index in [2.05, 4.69) is 0 Å². The zero-order chi connectivity index (χ0) is 12.1. The largest absolute Gasteiger partial charge is 0.481 e. The lowest BCUT2D eigenvalue weighted by Gasteiger charge is -2.13. The molecule has 5 nitrogen and oxygen atoms in total. The van der Waals surface area contributed by atoms with Crippen LogP contribution in [-0.2, 0) is 9.59 Å². The molecule has 1 aliphatic rings. The zero-order valence-electron chi connectivity index (χ0n) is 9.72. The van der Waals surface area contributed by atoms with Crippen molar-refractivity contribution >= 4 is 11.9 Å². The predicted octanol–water partition coefficient (Wildman–Crippen LogP) is 0.0373. The van der Waals surface area contributed by atoms with Crippen LogP contribution in [0.1, 0.15) is 6.42 Å². The molecule has 1 amide bonds. The monoisotopic (exact) mass is 226 g/mol. The Balaban J connectivity index is 2.39. The molecule has 0 aromatic carbocycles. The van der Waals surface area contributed by atoms with Crippen molar-refractivity contribution in [3.63, 3.8) is 0 Å². The van der Waals surface area contributed by atoms with Crippen molar-refractivity contribution < 1.29 is 14.7 Å². The Labute approximate surface area is 95.3 Å². The lowest BCUT2D eigenvalue weighted by molar-refractivity contribution is -0.141. The number of hydrogen-bond donors (Lipinski definition) is 1. The van der Waals surface area contributed by atoms with Gasteiger partial charge in [-0.25, -0.2) is 0 Å². The van der Waals surface area contributed by atoms with Crippen LogP contribution < -0.4 is 0 Å². The fourth-order valence-corrected chi connectivity index (χ4v) is 1.63. The van der Waals surface area contributed by atoms with Crippen molar-refractivity contribution in [2.24, 2.45) is 5.92 Å². The van der Waals surface area contributed by atoms with Crippen LogP contribution in [0.25, 0.3) is 0 Å². The van der Waals surface area contributed by atoms with E-state index in [1.807, 2.05) is 19.0 Å². The molecule has 90 valence electrons. The van der Waals surface area contributed by atoms with Gasteiger partial charge >= 0.3 is 5.97 Å². The normalized spacial score (nSPS) is 20.9. The molecule has 0 radical (unpaired) electrons. The summed E-state index contributed by atoms with van der Waals surface area (Å²) in [5.74, 6) is -1.30. The van der Waals surface area contributed by atoms with E-state index in [4.69, 9.17) is 5.11 Å². The lowest BCUT2D eigenvalue weighted by Crippen LogP contribution is -2.28. The van der Waals surface area contributed by atoms with Gasteiger partial charge in [0.15, 0.2) is 0 Å². The number of hydrogen-bond acceptors (Lipinski definition) is 3. The molecule has 1 N–H and O–H groups in total. The van der Waals surface area contributed by atoms with E-state index in [-0.39, 0.29) is 5.91 Å². The number of rotatable bonds is 4. The summed E-state index contributed by atoms with van der Waals surface area (Å²) in [6.45, 7) is 1.59. The van der Waals surface area contributed by atoms with E-state index in [0.717, 1.165) is 0 Å². The van der Waals surface area contributed by atoms with Gasteiger partial charge in [0.05, 0.1) is 5.92 Å². The van der Waals surface area contributed by atoms with E-state index < -0.39 is 11.9 Å². The van der Waals surface area contributed by atoms with Gasteiger partial charge in [-0.05, 0) is 20.5 Å². The molecule has 1 unspecified atom stereocenters. The predicted molar refractivity (Wildman–Crippen MR) is 60.0 cm³/mol. The topological polar surface area (TPSA) is 60.9 Å². The van der Waals surface area contributed by atoms with E-state index in [1.54, 1.807) is 11.0 Å². The molecule has 16 heavy (non-hydrogen) atoms. The molecule has 1 atom stereocenters. The van der Waals surface area contributed by atoms with Crippen LogP contribution in [0, 0.1) is 5.92 Å². The van der Waals surface area contributed by atoms with E-state index in [1.165, 1.54) is 6.08 Å². The molecule has 1 aliphatic heterocycles. The highest BCUT2D eigenvalue weighted by Gasteiger charge is 2.29. The molecule has 0 bridgehead atoms. The van der Waals surface area contributed by atoms with Crippen LogP contribution in [0.15, 0.2) is 12.2 Å². The van der Waals surface area contributed by atoms with Crippen LogP contribution in [0.2, 0.25) is 0 Å². The second-order valence-corrected chi connectivity index (χ2v) is 4.27. The molecule has 1 rings (SSSR count). The van der Waals surface area contributed by atoms with E-state index >= 15 is 0 Å².